The van der Waals surface area contributed by atoms with Gasteiger partial charge < -0.3 is 21.1 Å². The van der Waals surface area contributed by atoms with Gasteiger partial charge in [-0.25, -0.2) is 4.79 Å². The Hall–Kier alpha value is -1.79. The van der Waals surface area contributed by atoms with E-state index in [1.807, 2.05) is 0 Å². The molecule has 1 aliphatic carbocycles. The first-order valence-electron chi connectivity index (χ1n) is 6.52. The van der Waals surface area contributed by atoms with Gasteiger partial charge in [-0.3, -0.25) is 9.59 Å². The van der Waals surface area contributed by atoms with Gasteiger partial charge in [0.25, 0.3) is 0 Å². The maximum Gasteiger partial charge on any atom is 0.315 e. The topological polar surface area (TPSA) is 108 Å². The summed E-state index contributed by atoms with van der Waals surface area (Å²) in [5.74, 6) is -1.19. The van der Waals surface area contributed by atoms with Gasteiger partial charge in [-0.15, -0.1) is 0 Å². The van der Waals surface area contributed by atoms with E-state index in [0.29, 0.717) is 19.4 Å². The molecule has 0 unspecified atom stereocenters. The Bertz CT molecular complexity index is 351. The van der Waals surface area contributed by atoms with E-state index >= 15 is 0 Å². The highest BCUT2D eigenvalue weighted by atomic mass is 16.4. The molecule has 108 valence electrons. The molecule has 1 rings (SSSR count). The predicted molar refractivity (Wildman–Crippen MR) is 68.7 cm³/mol. The van der Waals surface area contributed by atoms with Crippen molar-refractivity contribution in [2.75, 3.05) is 13.1 Å². The van der Waals surface area contributed by atoms with Gasteiger partial charge in [0.05, 0.1) is 18.5 Å². The highest BCUT2D eigenvalue weighted by molar-refractivity contribution is 5.84. The van der Waals surface area contributed by atoms with Crippen molar-refractivity contribution in [3.63, 3.8) is 0 Å². The van der Waals surface area contributed by atoms with Crippen LogP contribution in [0.1, 0.15) is 39.0 Å². The summed E-state index contributed by atoms with van der Waals surface area (Å²) in [6, 6.07) is -0.491. The third-order valence-corrected chi connectivity index (χ3v) is 3.21. The number of hydrogen-bond acceptors (Lipinski definition) is 3. The summed E-state index contributed by atoms with van der Waals surface area (Å²) in [6.45, 7) is 2.19. The smallest absolute Gasteiger partial charge is 0.315 e. The van der Waals surface area contributed by atoms with Crippen LogP contribution in [-0.4, -0.2) is 41.6 Å². The molecule has 7 nitrogen and oxygen atoms in total. The zero-order valence-corrected chi connectivity index (χ0v) is 11.1. The standard InChI is InChI=1S/C12H21N3O4/c1-2-13-9(16)8-14-11(19)15-12(7-10(17)18)5-3-4-6-12/h2-8H2,1H3,(H,13,16)(H,17,18)(H2,14,15,19). The second-order valence-corrected chi connectivity index (χ2v) is 4.82. The molecule has 7 heteroatoms. The fourth-order valence-electron chi connectivity index (χ4n) is 2.39. The number of amides is 3. The van der Waals surface area contributed by atoms with Crippen LogP contribution in [0.2, 0.25) is 0 Å². The number of rotatable bonds is 6. The molecule has 0 atom stereocenters. The van der Waals surface area contributed by atoms with E-state index in [9.17, 15) is 14.4 Å². The lowest BCUT2D eigenvalue weighted by molar-refractivity contribution is -0.138. The second kappa shape index (κ2) is 6.96. The molecule has 0 aliphatic heterocycles. The van der Waals surface area contributed by atoms with Gasteiger partial charge >= 0.3 is 12.0 Å². The molecule has 0 aromatic carbocycles. The van der Waals surface area contributed by atoms with Crippen molar-refractivity contribution in [3.8, 4) is 0 Å². The van der Waals surface area contributed by atoms with Gasteiger partial charge in [0.15, 0.2) is 0 Å². The van der Waals surface area contributed by atoms with Gasteiger partial charge in [0, 0.05) is 6.54 Å². The number of nitrogens with one attached hydrogen (secondary N) is 3. The molecule has 0 saturated heterocycles. The van der Waals surface area contributed by atoms with Crippen molar-refractivity contribution in [2.24, 2.45) is 0 Å². The van der Waals surface area contributed by atoms with Crippen LogP contribution in [0.5, 0.6) is 0 Å². The summed E-state index contributed by atoms with van der Waals surface area (Å²) < 4.78 is 0. The first kappa shape index (κ1) is 15.3. The molecular formula is C12H21N3O4. The number of likely N-dealkylation sites (N-methyl/N-ethyl adjacent to an activating group) is 1. The Morgan fingerprint density at radius 1 is 1.16 bits per heavy atom. The number of aliphatic carboxylic acids is 1. The van der Waals surface area contributed by atoms with Crippen LogP contribution >= 0.6 is 0 Å². The minimum atomic E-state index is -0.925. The van der Waals surface area contributed by atoms with E-state index in [1.165, 1.54) is 0 Å². The third-order valence-electron chi connectivity index (χ3n) is 3.21. The Balaban J connectivity index is 2.44. The highest BCUT2D eigenvalue weighted by Gasteiger charge is 2.37. The molecule has 4 N–H and O–H groups in total. The van der Waals surface area contributed by atoms with Crippen LogP contribution in [0.15, 0.2) is 0 Å². The summed E-state index contributed by atoms with van der Waals surface area (Å²) in [7, 11) is 0. The van der Waals surface area contributed by atoms with Crippen molar-refractivity contribution in [3.05, 3.63) is 0 Å². The van der Waals surface area contributed by atoms with E-state index in [2.05, 4.69) is 16.0 Å². The van der Waals surface area contributed by atoms with Gasteiger partial charge in [-0.05, 0) is 19.8 Å². The Kier molecular flexibility index (Phi) is 5.59. The predicted octanol–water partition coefficient (Wildman–Crippen LogP) is 0.209. The summed E-state index contributed by atoms with van der Waals surface area (Å²) in [5.41, 5.74) is -0.669. The fraction of sp³-hybridized carbons (Fsp3) is 0.750. The average molecular weight is 271 g/mol. The van der Waals surface area contributed by atoms with E-state index in [4.69, 9.17) is 5.11 Å². The summed E-state index contributed by atoms with van der Waals surface area (Å²) in [6.07, 6.45) is 3.05. The molecule has 0 bridgehead atoms. The summed E-state index contributed by atoms with van der Waals surface area (Å²) in [5, 5.41) is 16.6. The molecule has 1 fully saturated rings. The first-order valence-corrected chi connectivity index (χ1v) is 6.52. The molecule has 1 saturated carbocycles. The molecule has 1 aliphatic rings. The van der Waals surface area contributed by atoms with E-state index in [1.54, 1.807) is 6.92 Å². The molecule has 0 spiro atoms. The maximum atomic E-state index is 11.7. The second-order valence-electron chi connectivity index (χ2n) is 4.82. The average Bonchev–Trinajstić information content (AvgIpc) is 2.74. The SMILES string of the molecule is CCNC(=O)CNC(=O)NC1(CC(=O)O)CCCC1. The van der Waals surface area contributed by atoms with E-state index in [0.717, 1.165) is 12.8 Å². The Labute approximate surface area is 112 Å². The minimum absolute atomic E-state index is 0.0818. The molecule has 0 heterocycles. The monoisotopic (exact) mass is 271 g/mol. The third kappa shape index (κ3) is 5.15. The number of carboxylic acids is 1. The molecule has 0 radical (unpaired) electrons. The Morgan fingerprint density at radius 3 is 2.32 bits per heavy atom. The summed E-state index contributed by atoms with van der Waals surface area (Å²) >= 11 is 0. The molecule has 19 heavy (non-hydrogen) atoms. The fourth-order valence-corrected chi connectivity index (χ4v) is 2.39. The molecule has 3 amide bonds. The van der Waals surface area contributed by atoms with E-state index in [-0.39, 0.29) is 18.9 Å². The van der Waals surface area contributed by atoms with Crippen LogP contribution in [-0.2, 0) is 9.59 Å². The van der Waals surface area contributed by atoms with Crippen LogP contribution in [0.3, 0.4) is 0 Å². The molecule has 0 aromatic heterocycles. The lowest BCUT2D eigenvalue weighted by atomic mass is 9.93. The number of hydrogen-bond donors (Lipinski definition) is 4. The van der Waals surface area contributed by atoms with Gasteiger partial charge in [-0.1, -0.05) is 12.8 Å². The first-order chi connectivity index (χ1) is 8.97. The van der Waals surface area contributed by atoms with Crippen molar-refractivity contribution in [1.82, 2.24) is 16.0 Å². The maximum absolute atomic E-state index is 11.7. The van der Waals surface area contributed by atoms with Crippen molar-refractivity contribution in [1.29, 1.82) is 0 Å². The molecular weight excluding hydrogens is 250 g/mol. The zero-order valence-electron chi connectivity index (χ0n) is 11.1. The number of carboxylic acid groups (broad SMARTS) is 1. The molecule has 0 aromatic rings. The largest absolute Gasteiger partial charge is 0.481 e. The number of urea groups is 1. The van der Waals surface area contributed by atoms with Gasteiger partial charge in [0.1, 0.15) is 0 Å². The van der Waals surface area contributed by atoms with Crippen molar-refractivity contribution in [2.45, 2.75) is 44.6 Å². The van der Waals surface area contributed by atoms with E-state index < -0.39 is 17.5 Å². The minimum Gasteiger partial charge on any atom is -0.481 e. The Morgan fingerprint density at radius 2 is 1.79 bits per heavy atom. The van der Waals surface area contributed by atoms with Crippen molar-refractivity contribution < 1.29 is 19.5 Å². The zero-order chi connectivity index (χ0) is 14.3. The van der Waals surface area contributed by atoms with Crippen LogP contribution < -0.4 is 16.0 Å². The van der Waals surface area contributed by atoms with Crippen LogP contribution in [0.25, 0.3) is 0 Å². The number of carbonyl (C=O) groups excluding carboxylic acids is 2. The quantitative estimate of drug-likeness (QED) is 0.554. The normalized spacial score (nSPS) is 16.7. The van der Waals surface area contributed by atoms with Gasteiger partial charge in [0.2, 0.25) is 5.91 Å². The lowest BCUT2D eigenvalue weighted by Crippen LogP contribution is -2.53. The van der Waals surface area contributed by atoms with Gasteiger partial charge in [-0.2, -0.15) is 0 Å². The summed E-state index contributed by atoms with van der Waals surface area (Å²) in [4.78, 5) is 33.8. The lowest BCUT2D eigenvalue weighted by Gasteiger charge is -2.28. The highest BCUT2D eigenvalue weighted by Crippen LogP contribution is 2.32. The van der Waals surface area contributed by atoms with Crippen LogP contribution in [0.4, 0.5) is 4.79 Å². The van der Waals surface area contributed by atoms with Crippen molar-refractivity contribution >= 4 is 17.9 Å². The number of carbonyl (C=O) groups is 3. The van der Waals surface area contributed by atoms with Crippen LogP contribution in [0, 0.1) is 0 Å².